The Balaban J connectivity index is 0.000000168. The van der Waals surface area contributed by atoms with Crippen LogP contribution in [-0.4, -0.2) is 4.98 Å². The minimum Gasteiger partial charge on any atom is -0.345 e. The van der Waals surface area contributed by atoms with E-state index in [2.05, 4.69) is 151 Å². The second-order valence-corrected chi connectivity index (χ2v) is 14.5. The van der Waals surface area contributed by atoms with Crippen LogP contribution in [0.2, 0.25) is 0 Å². The first kappa shape index (κ1) is 38.7. The summed E-state index contributed by atoms with van der Waals surface area (Å²) in [6, 6.07) is 79.7. The maximum Gasteiger partial charge on any atom is 0.110 e. The van der Waals surface area contributed by atoms with E-state index in [0.29, 0.717) is 0 Å². The Hall–Kier alpha value is -4.51. The molecule has 7 aromatic carbocycles. The van der Waals surface area contributed by atoms with Crippen LogP contribution in [0.5, 0.6) is 0 Å². The SMILES string of the molecule is Pc1ccccc1.[Cl][Ir+2].[c-]1ccccc1-c1cccc(-c2[c-]cccc2)n1.c1ccc(-c2ccccc2[PH+](c2ccccc2)c2ccccc2)cc1. The van der Waals surface area contributed by atoms with Crippen LogP contribution in [0.3, 0.4) is 0 Å². The van der Waals surface area contributed by atoms with Crippen molar-refractivity contribution in [2.45, 2.75) is 0 Å². The van der Waals surface area contributed by atoms with Gasteiger partial charge in [-0.2, -0.15) is 0 Å². The average Bonchev–Trinajstić information content (AvgIpc) is 3.24. The van der Waals surface area contributed by atoms with Crippen molar-refractivity contribution >= 4 is 48.0 Å². The number of benzene rings is 7. The molecule has 0 aliphatic carbocycles. The molecule has 0 saturated carbocycles. The molecule has 8 aromatic rings. The van der Waals surface area contributed by atoms with E-state index in [1.165, 1.54) is 50.2 Å². The van der Waals surface area contributed by atoms with Gasteiger partial charge in [0, 0.05) is 5.56 Å². The largest absolute Gasteiger partial charge is 0.345 e. The molecule has 8 rings (SSSR count). The Morgan fingerprint density at radius 1 is 0.442 bits per heavy atom. The van der Waals surface area contributed by atoms with E-state index in [4.69, 9.17) is 0 Å². The van der Waals surface area contributed by atoms with Crippen LogP contribution < -0.4 is 21.2 Å². The smallest absolute Gasteiger partial charge is 0.110 e. The van der Waals surface area contributed by atoms with Gasteiger partial charge < -0.3 is 4.98 Å². The van der Waals surface area contributed by atoms with Crippen molar-refractivity contribution in [3.05, 3.63) is 224 Å². The minimum absolute atomic E-state index is 0.936. The van der Waals surface area contributed by atoms with E-state index in [1.54, 1.807) is 0 Å². The molecule has 0 aliphatic heterocycles. The third-order valence-electron chi connectivity index (χ3n) is 7.92. The molecule has 0 aliphatic rings. The molecule has 5 heteroatoms. The van der Waals surface area contributed by atoms with Gasteiger partial charge in [0.25, 0.3) is 0 Å². The molecule has 0 N–H and O–H groups in total. The van der Waals surface area contributed by atoms with Crippen molar-refractivity contribution in [3.63, 3.8) is 0 Å². The van der Waals surface area contributed by atoms with Crippen LogP contribution >= 0.6 is 26.7 Å². The molecule has 1 heterocycles. The molecule has 256 valence electrons. The van der Waals surface area contributed by atoms with Gasteiger partial charge in [0.05, 0.1) is 7.92 Å². The summed E-state index contributed by atoms with van der Waals surface area (Å²) < 4.78 is 0. The van der Waals surface area contributed by atoms with Crippen LogP contribution in [0.1, 0.15) is 0 Å². The summed E-state index contributed by atoms with van der Waals surface area (Å²) in [7, 11) is 6.21. The molecule has 0 saturated heterocycles. The second kappa shape index (κ2) is 21.8. The molecule has 0 bridgehead atoms. The molecule has 1 unspecified atom stereocenters. The quantitative estimate of drug-likeness (QED) is 0.120. The van der Waals surface area contributed by atoms with Crippen molar-refractivity contribution in [2.75, 3.05) is 0 Å². The van der Waals surface area contributed by atoms with Gasteiger partial charge in [-0.05, 0) is 52.6 Å². The van der Waals surface area contributed by atoms with Crippen molar-refractivity contribution in [1.29, 1.82) is 0 Å². The summed E-state index contributed by atoms with van der Waals surface area (Å²) in [6.45, 7) is 0. The fourth-order valence-electron chi connectivity index (χ4n) is 5.55. The number of hydrogen-bond donors (Lipinski definition) is 0. The fraction of sp³-hybridized carbons (Fsp3) is 0. The van der Waals surface area contributed by atoms with E-state index in [-0.39, 0.29) is 0 Å². The number of halogens is 1. The molecule has 1 nitrogen and oxygen atoms in total. The summed E-state index contributed by atoms with van der Waals surface area (Å²) in [4.78, 5) is 4.65. The van der Waals surface area contributed by atoms with Crippen molar-refractivity contribution in [1.82, 2.24) is 4.98 Å². The summed E-state index contributed by atoms with van der Waals surface area (Å²) in [5.41, 5.74) is 6.51. The Morgan fingerprint density at radius 3 is 1.31 bits per heavy atom. The first-order valence-electron chi connectivity index (χ1n) is 16.7. The molecular weight excluding hydrogens is 868 g/mol. The van der Waals surface area contributed by atoms with Crippen molar-refractivity contribution in [2.24, 2.45) is 0 Å². The van der Waals surface area contributed by atoms with E-state index in [0.717, 1.165) is 22.5 Å². The van der Waals surface area contributed by atoms with E-state index < -0.39 is 7.92 Å². The average molecular weight is 906 g/mol. The van der Waals surface area contributed by atoms with E-state index >= 15 is 0 Å². The number of hydrogen-bond acceptors (Lipinski definition) is 1. The van der Waals surface area contributed by atoms with Crippen LogP contribution in [0.15, 0.2) is 212 Å². The topological polar surface area (TPSA) is 12.9 Å². The van der Waals surface area contributed by atoms with Crippen LogP contribution in [-0.2, 0) is 17.9 Å². The zero-order chi connectivity index (χ0) is 36.2. The summed E-state index contributed by atoms with van der Waals surface area (Å²) in [5, 5.41) is 5.52. The van der Waals surface area contributed by atoms with Gasteiger partial charge in [0.1, 0.15) is 15.9 Å². The van der Waals surface area contributed by atoms with Gasteiger partial charge in [0.15, 0.2) is 0 Å². The maximum absolute atomic E-state index is 4.65. The third kappa shape index (κ3) is 11.5. The van der Waals surface area contributed by atoms with Crippen molar-refractivity contribution < 1.29 is 17.9 Å². The summed E-state index contributed by atoms with van der Waals surface area (Å²) in [5.74, 6) is 0. The van der Waals surface area contributed by atoms with E-state index in [9.17, 15) is 0 Å². The minimum atomic E-state index is -1.05. The van der Waals surface area contributed by atoms with Gasteiger partial charge in [-0.25, -0.2) is 0 Å². The predicted molar refractivity (Wildman–Crippen MR) is 226 cm³/mol. The molecule has 1 aromatic heterocycles. The zero-order valence-corrected chi connectivity index (χ0v) is 33.7. The zero-order valence-electron chi connectivity index (χ0n) is 28.4. The first-order valence-corrected chi connectivity index (χ1v) is 21.8. The maximum atomic E-state index is 4.65. The first-order chi connectivity index (χ1) is 25.8. The molecule has 1 atom stereocenters. The Morgan fingerprint density at radius 2 is 0.865 bits per heavy atom. The Kier molecular flexibility index (Phi) is 16.2. The van der Waals surface area contributed by atoms with Gasteiger partial charge >= 0.3 is 27.5 Å². The standard InChI is InChI=1S/C24H19P.C17H11N.C6H7P.ClH.Ir/c1-4-12-20(13-5-1)23-18-10-11-19-24(23)25(21-14-6-2-7-15-21)22-16-8-3-9-17-22;1-3-8-14(9-4-1)16-12-7-13-17(18-16)15-10-5-2-6-11-15;7-6-4-2-1-3-5-6;;/h1-19H;1-8,10,12-13H;1-5H,7H2;1H;/q;-2;;;+3. The molecule has 52 heavy (non-hydrogen) atoms. The number of aromatic nitrogens is 1. The summed E-state index contributed by atoms with van der Waals surface area (Å²) >= 11 is 1.47. The molecular formula is C47H38ClIrNP2+. The van der Waals surface area contributed by atoms with Crippen LogP contribution in [0.4, 0.5) is 0 Å². The number of rotatable bonds is 6. The molecule has 0 radical (unpaired) electrons. The molecule has 0 spiro atoms. The monoisotopic (exact) mass is 906 g/mol. The third-order valence-corrected chi connectivity index (χ3v) is 11.1. The van der Waals surface area contributed by atoms with Crippen molar-refractivity contribution in [3.8, 4) is 33.6 Å². The molecule has 0 amide bonds. The Labute approximate surface area is 326 Å². The number of pyridine rings is 1. The second-order valence-electron chi connectivity index (χ2n) is 11.4. The number of nitrogens with zero attached hydrogens (tertiary/aromatic N) is 1. The van der Waals surface area contributed by atoms with Crippen LogP contribution in [0, 0.1) is 12.1 Å². The van der Waals surface area contributed by atoms with Gasteiger partial charge in [-0.1, -0.05) is 133 Å². The Bertz CT molecular complexity index is 2060. The normalized spacial score (nSPS) is 10.0. The van der Waals surface area contributed by atoms with E-state index in [1.807, 2.05) is 97.1 Å². The van der Waals surface area contributed by atoms with Gasteiger partial charge in [0.2, 0.25) is 0 Å². The van der Waals surface area contributed by atoms with Gasteiger partial charge in [-0.3, -0.25) is 0 Å². The fourth-order valence-corrected chi connectivity index (χ4v) is 8.54. The van der Waals surface area contributed by atoms with Gasteiger partial charge in [-0.15, -0.1) is 81.0 Å². The summed E-state index contributed by atoms with van der Waals surface area (Å²) in [6.07, 6.45) is 0. The predicted octanol–water partition coefficient (Wildman–Crippen LogP) is 10.7. The molecule has 0 fully saturated rings. The van der Waals surface area contributed by atoms with Crippen LogP contribution in [0.25, 0.3) is 33.6 Å².